The van der Waals surface area contributed by atoms with Crippen LogP contribution < -0.4 is 5.32 Å². The molecule has 1 aliphatic rings. The van der Waals surface area contributed by atoms with Crippen molar-refractivity contribution < 1.29 is 4.52 Å². The number of aryl methyl sites for hydroxylation is 2. The molecule has 3 rings (SSSR count). The summed E-state index contributed by atoms with van der Waals surface area (Å²) in [5.74, 6) is 0.982. The van der Waals surface area contributed by atoms with Gasteiger partial charge >= 0.3 is 0 Å². The van der Waals surface area contributed by atoms with Crippen LogP contribution in [0.1, 0.15) is 28.2 Å². The number of guanidine groups is 1. The molecule has 0 aromatic carbocycles. The Morgan fingerprint density at radius 3 is 2.77 bits per heavy atom. The van der Waals surface area contributed by atoms with E-state index in [2.05, 4.69) is 39.1 Å². The van der Waals surface area contributed by atoms with Gasteiger partial charge in [0.25, 0.3) is 0 Å². The van der Waals surface area contributed by atoms with Crippen molar-refractivity contribution in [3.8, 4) is 0 Å². The molecular weight excluding hydrogens is 348 g/mol. The molecule has 26 heavy (non-hydrogen) atoms. The van der Waals surface area contributed by atoms with Gasteiger partial charge in [-0.3, -0.25) is 9.89 Å². The first-order chi connectivity index (χ1) is 12.7. The Kier molecular flexibility index (Phi) is 6.62. The standard InChI is InChI=1S/C18H28N6OS/c1-4-16-14(2)26-17(21-16)5-7-20-18(19-3)24-10-8-23(9-11-24)13-15-6-12-25-22-15/h6,12H,4-5,7-11,13H2,1-3H3,(H,19,20). The van der Waals surface area contributed by atoms with E-state index in [4.69, 9.17) is 9.51 Å². The van der Waals surface area contributed by atoms with Crippen LogP contribution in [0.2, 0.25) is 0 Å². The van der Waals surface area contributed by atoms with E-state index in [-0.39, 0.29) is 0 Å². The Balaban J connectivity index is 1.43. The van der Waals surface area contributed by atoms with Crippen LogP contribution in [-0.4, -0.2) is 65.7 Å². The largest absolute Gasteiger partial charge is 0.364 e. The summed E-state index contributed by atoms with van der Waals surface area (Å²) in [6.07, 6.45) is 3.58. The molecule has 0 spiro atoms. The first-order valence-electron chi connectivity index (χ1n) is 9.22. The maximum absolute atomic E-state index is 4.91. The van der Waals surface area contributed by atoms with E-state index in [0.717, 1.165) is 63.8 Å². The predicted octanol–water partition coefficient (Wildman–Crippen LogP) is 1.94. The number of aromatic nitrogens is 2. The van der Waals surface area contributed by atoms with Crippen LogP contribution in [0.15, 0.2) is 21.8 Å². The maximum Gasteiger partial charge on any atom is 0.193 e. The van der Waals surface area contributed by atoms with Crippen molar-refractivity contribution in [3.05, 3.63) is 33.6 Å². The fourth-order valence-corrected chi connectivity index (χ4v) is 4.22. The average molecular weight is 377 g/mol. The summed E-state index contributed by atoms with van der Waals surface area (Å²) in [7, 11) is 1.85. The monoisotopic (exact) mass is 376 g/mol. The third-order valence-corrected chi connectivity index (χ3v) is 5.73. The van der Waals surface area contributed by atoms with E-state index in [0.29, 0.717) is 0 Å². The van der Waals surface area contributed by atoms with E-state index < -0.39 is 0 Å². The number of aliphatic imine (C=N–C) groups is 1. The summed E-state index contributed by atoms with van der Waals surface area (Å²) in [6.45, 7) is 9.96. The molecule has 0 atom stereocenters. The quantitative estimate of drug-likeness (QED) is 0.614. The number of nitrogens with zero attached hydrogens (tertiary/aromatic N) is 5. The molecule has 0 aliphatic carbocycles. The molecule has 0 radical (unpaired) electrons. The first kappa shape index (κ1) is 18.8. The van der Waals surface area contributed by atoms with Crippen LogP contribution >= 0.6 is 11.3 Å². The molecule has 2 aromatic heterocycles. The number of hydrogen-bond donors (Lipinski definition) is 1. The molecule has 7 nitrogen and oxygen atoms in total. The Bertz CT molecular complexity index is 703. The molecule has 1 N–H and O–H groups in total. The van der Waals surface area contributed by atoms with Gasteiger partial charge in [-0.1, -0.05) is 12.1 Å². The van der Waals surface area contributed by atoms with Crippen LogP contribution in [0.4, 0.5) is 0 Å². The average Bonchev–Trinajstić information content (AvgIpc) is 3.29. The van der Waals surface area contributed by atoms with Gasteiger partial charge in [0, 0.05) is 63.7 Å². The highest BCUT2D eigenvalue weighted by atomic mass is 32.1. The van der Waals surface area contributed by atoms with Crippen LogP contribution in [0.3, 0.4) is 0 Å². The molecule has 142 valence electrons. The number of rotatable bonds is 6. The van der Waals surface area contributed by atoms with Crippen molar-refractivity contribution in [2.75, 3.05) is 39.8 Å². The lowest BCUT2D eigenvalue weighted by atomic mass is 10.3. The summed E-state index contributed by atoms with van der Waals surface area (Å²) < 4.78 is 4.91. The molecule has 0 unspecified atom stereocenters. The van der Waals surface area contributed by atoms with Gasteiger partial charge in [0.2, 0.25) is 0 Å². The van der Waals surface area contributed by atoms with Gasteiger partial charge in [0.05, 0.1) is 16.4 Å². The number of nitrogens with one attached hydrogen (secondary N) is 1. The Hall–Kier alpha value is -1.93. The lowest BCUT2D eigenvalue weighted by Gasteiger charge is -2.36. The second-order valence-corrected chi connectivity index (χ2v) is 7.73. The van der Waals surface area contributed by atoms with Crippen molar-refractivity contribution in [1.29, 1.82) is 0 Å². The number of thiazole rings is 1. The number of piperazine rings is 1. The topological polar surface area (TPSA) is 69.8 Å². The summed E-state index contributed by atoms with van der Waals surface area (Å²) in [4.78, 5) is 15.2. The SMILES string of the molecule is CCc1nc(CCNC(=NC)N2CCN(Cc3ccon3)CC2)sc1C. The van der Waals surface area contributed by atoms with Gasteiger partial charge in [0.15, 0.2) is 5.96 Å². The molecule has 1 aliphatic heterocycles. The van der Waals surface area contributed by atoms with Gasteiger partial charge in [-0.15, -0.1) is 11.3 Å². The minimum atomic E-state index is 0.847. The molecule has 0 amide bonds. The lowest BCUT2D eigenvalue weighted by Crippen LogP contribution is -2.52. The Morgan fingerprint density at radius 2 is 2.15 bits per heavy atom. The zero-order valence-electron chi connectivity index (χ0n) is 15.9. The smallest absolute Gasteiger partial charge is 0.193 e. The van der Waals surface area contributed by atoms with Crippen molar-refractivity contribution in [2.45, 2.75) is 33.2 Å². The third-order valence-electron chi connectivity index (χ3n) is 4.65. The minimum Gasteiger partial charge on any atom is -0.364 e. The fourth-order valence-electron chi connectivity index (χ4n) is 3.20. The Morgan fingerprint density at radius 1 is 1.35 bits per heavy atom. The molecule has 0 bridgehead atoms. The molecule has 3 heterocycles. The minimum absolute atomic E-state index is 0.847. The van der Waals surface area contributed by atoms with E-state index in [9.17, 15) is 0 Å². The molecular formula is C18H28N6OS. The van der Waals surface area contributed by atoms with E-state index in [1.54, 1.807) is 6.26 Å². The van der Waals surface area contributed by atoms with Gasteiger partial charge in [-0.05, 0) is 13.3 Å². The normalized spacial score (nSPS) is 16.3. The third kappa shape index (κ3) is 4.82. The maximum atomic E-state index is 4.91. The Labute approximate surface area is 159 Å². The summed E-state index contributed by atoms with van der Waals surface area (Å²) in [5.41, 5.74) is 2.23. The van der Waals surface area contributed by atoms with Crippen molar-refractivity contribution in [2.24, 2.45) is 4.99 Å². The van der Waals surface area contributed by atoms with Crippen LogP contribution in [0, 0.1) is 6.92 Å². The van der Waals surface area contributed by atoms with Gasteiger partial charge in [0.1, 0.15) is 6.26 Å². The van der Waals surface area contributed by atoms with Crippen LogP contribution in [-0.2, 0) is 19.4 Å². The number of hydrogen-bond acceptors (Lipinski definition) is 6. The molecule has 0 saturated carbocycles. The van der Waals surface area contributed by atoms with Gasteiger partial charge < -0.3 is 14.7 Å². The highest BCUT2D eigenvalue weighted by molar-refractivity contribution is 7.11. The lowest BCUT2D eigenvalue weighted by molar-refractivity contribution is 0.169. The molecule has 8 heteroatoms. The van der Waals surface area contributed by atoms with Crippen LogP contribution in [0.25, 0.3) is 0 Å². The van der Waals surface area contributed by atoms with Crippen LogP contribution in [0.5, 0.6) is 0 Å². The molecule has 2 aromatic rings. The summed E-state index contributed by atoms with van der Waals surface area (Å²) in [6, 6.07) is 1.93. The highest BCUT2D eigenvalue weighted by Gasteiger charge is 2.20. The first-order valence-corrected chi connectivity index (χ1v) is 10.0. The zero-order chi connectivity index (χ0) is 18.4. The second-order valence-electron chi connectivity index (χ2n) is 6.44. The zero-order valence-corrected chi connectivity index (χ0v) is 16.7. The van der Waals surface area contributed by atoms with Crippen molar-refractivity contribution in [3.63, 3.8) is 0 Å². The summed E-state index contributed by atoms with van der Waals surface area (Å²) in [5, 5.41) is 8.69. The van der Waals surface area contributed by atoms with E-state index >= 15 is 0 Å². The highest BCUT2D eigenvalue weighted by Crippen LogP contribution is 2.18. The van der Waals surface area contributed by atoms with E-state index in [1.807, 2.05) is 24.5 Å². The predicted molar refractivity (Wildman–Crippen MR) is 105 cm³/mol. The van der Waals surface area contributed by atoms with Gasteiger partial charge in [-0.2, -0.15) is 0 Å². The second kappa shape index (κ2) is 9.14. The van der Waals surface area contributed by atoms with E-state index in [1.165, 1.54) is 15.6 Å². The van der Waals surface area contributed by atoms with Gasteiger partial charge in [-0.25, -0.2) is 4.98 Å². The molecule has 1 fully saturated rings. The van der Waals surface area contributed by atoms with Crippen molar-refractivity contribution in [1.82, 2.24) is 25.3 Å². The fraction of sp³-hybridized carbons (Fsp3) is 0.611. The van der Waals surface area contributed by atoms with Crippen molar-refractivity contribution >= 4 is 17.3 Å². The summed E-state index contributed by atoms with van der Waals surface area (Å²) >= 11 is 1.81. The molecule has 1 saturated heterocycles.